The number of nitrogens with zero attached hydrogens (tertiary/aromatic N) is 14. The minimum atomic E-state index is 0.212. The minimum absolute atomic E-state index is 0.212. The highest BCUT2D eigenvalue weighted by molar-refractivity contribution is 6.04. The van der Waals surface area contributed by atoms with E-state index in [2.05, 4.69) is 9.97 Å². The Hall–Kier alpha value is -12.6. The van der Waals surface area contributed by atoms with Crippen LogP contribution in [0.4, 0.5) is 0 Å². The molecule has 0 radical (unpaired) electrons. The highest BCUT2D eigenvalue weighted by atomic mass is 15.1. The third kappa shape index (κ3) is 8.62. The first-order chi connectivity index (χ1) is 43.6. The summed E-state index contributed by atoms with van der Waals surface area (Å²) in [5.74, 6) is 0.849. The molecule has 2 aliphatic rings. The summed E-state index contributed by atoms with van der Waals surface area (Å²) in [7, 11) is 0. The van der Waals surface area contributed by atoms with E-state index in [1.807, 2.05) is 243 Å². The van der Waals surface area contributed by atoms with Crippen molar-refractivity contribution in [3.8, 4) is 136 Å². The summed E-state index contributed by atoms with van der Waals surface area (Å²) in [6.07, 6.45) is 0. The first-order valence-corrected chi connectivity index (χ1v) is 28.5. The highest BCUT2D eigenvalue weighted by Gasteiger charge is 2.31. The molecule has 0 fully saturated rings. The number of aromatic nitrogens is 16. The van der Waals surface area contributed by atoms with Crippen LogP contribution in [0.5, 0.6) is 0 Å². The highest BCUT2D eigenvalue weighted by Crippen LogP contribution is 2.42. The molecule has 15 aromatic rings. The van der Waals surface area contributed by atoms with Gasteiger partial charge in [0.25, 0.3) is 0 Å². The van der Waals surface area contributed by atoms with Crippen LogP contribution in [-0.4, -0.2) is 79.7 Å². The second kappa shape index (κ2) is 20.6. The van der Waals surface area contributed by atoms with Crippen molar-refractivity contribution in [3.63, 3.8) is 0 Å². The molecule has 0 unspecified atom stereocenters. The summed E-state index contributed by atoms with van der Waals surface area (Å²) >= 11 is 0. The monoisotopic (exact) mass is 1130 g/mol. The van der Waals surface area contributed by atoms with Crippen molar-refractivity contribution in [1.29, 1.82) is 0 Å². The molecule has 0 saturated heterocycles. The zero-order valence-electron chi connectivity index (χ0n) is 46.4. The van der Waals surface area contributed by atoms with Gasteiger partial charge in [0.1, 0.15) is 44.8 Å². The number of fused-ring (bicyclic) bond motifs is 20. The first kappa shape index (κ1) is 50.0. The van der Waals surface area contributed by atoms with Gasteiger partial charge in [-0.2, -0.15) is 0 Å². The molecule has 8 aromatic carbocycles. The van der Waals surface area contributed by atoms with E-state index in [4.69, 9.17) is 69.8 Å². The van der Waals surface area contributed by atoms with Gasteiger partial charge >= 0.3 is 0 Å². The van der Waals surface area contributed by atoms with Crippen LogP contribution >= 0.6 is 0 Å². The fourth-order valence-corrected chi connectivity index (χ4v) is 11.3. The molecule has 0 amide bonds. The van der Waals surface area contributed by atoms with E-state index in [9.17, 15) is 0 Å². The molecule has 9 heterocycles. The Kier molecular flexibility index (Phi) is 11.7. The fraction of sp³-hybridized carbons (Fsp3) is 0. The van der Waals surface area contributed by atoms with E-state index >= 15 is 0 Å². The maximum absolute atomic E-state index is 5.50. The van der Waals surface area contributed by atoms with Crippen LogP contribution in [0.2, 0.25) is 0 Å². The lowest BCUT2D eigenvalue weighted by molar-refractivity contribution is 1.18. The molecule has 88 heavy (non-hydrogen) atoms. The summed E-state index contributed by atoms with van der Waals surface area (Å²) < 4.78 is 0. The largest absolute Gasteiger partial charge is 0.321 e. The molecule has 8 bridgehead atoms. The predicted molar refractivity (Wildman–Crippen MR) is 342 cm³/mol. The molecule has 16 nitrogen and oxygen atoms in total. The van der Waals surface area contributed by atoms with Crippen molar-refractivity contribution in [2.45, 2.75) is 0 Å². The van der Waals surface area contributed by atoms with E-state index in [0.717, 1.165) is 44.5 Å². The van der Waals surface area contributed by atoms with Crippen molar-refractivity contribution < 1.29 is 0 Å². The second-order valence-corrected chi connectivity index (χ2v) is 21.0. The van der Waals surface area contributed by atoms with E-state index in [-0.39, 0.29) is 23.3 Å². The summed E-state index contributed by atoms with van der Waals surface area (Å²) in [6, 6.07) is 79.9. The van der Waals surface area contributed by atoms with Gasteiger partial charge < -0.3 is 9.97 Å². The lowest BCUT2D eigenvalue weighted by Crippen LogP contribution is -1.99. The van der Waals surface area contributed by atoms with Gasteiger partial charge in [0.05, 0.1) is 45.6 Å². The molecular formula is C72H42N16. The van der Waals surface area contributed by atoms with E-state index in [1.54, 1.807) is 0 Å². The maximum Gasteiger partial charge on any atom is 0.184 e. The average molecular weight is 1130 g/mol. The molecule has 410 valence electrons. The van der Waals surface area contributed by atoms with Crippen LogP contribution in [0.1, 0.15) is 0 Å². The van der Waals surface area contributed by atoms with Crippen LogP contribution in [0, 0.1) is 0 Å². The Morgan fingerprint density at radius 2 is 0.307 bits per heavy atom. The molecular weight excluding hydrogens is 1090 g/mol. The standard InChI is InChI=1S/C72H42N16/c1-9-25-41(26-10-1)49-50(42-27-11-2-12-28-42)74-58-57(73-49)65-81-66(58)86-68-61-62(78-54(46-35-19-6-20-36-46)53(77-61)45-33-17-5-18-34-45)70(83-68)88-72-64-63(79-55(47-37-21-7-22-38-47)56(80-64)48-39-23-8-24-40-48)71(84-72)87-69-60-59(67(82-69)85-65)75-51(43-29-13-3-14-30-43)52(76-60)44-31-15-4-16-32-44/h1-40H,(H2,81,82,83,84,85,86,87,88). The van der Waals surface area contributed by atoms with Gasteiger partial charge in [0.15, 0.2) is 45.9 Å². The van der Waals surface area contributed by atoms with E-state index in [1.165, 1.54) is 0 Å². The summed E-state index contributed by atoms with van der Waals surface area (Å²) in [6.45, 7) is 0. The normalized spacial score (nSPS) is 11.6. The number of hydrogen-bond donors (Lipinski definition) is 2. The fourth-order valence-electron chi connectivity index (χ4n) is 11.3. The topological polar surface area (TPSA) is 212 Å². The summed E-state index contributed by atoms with van der Waals surface area (Å²) in [5, 5.41) is 0. The van der Waals surface area contributed by atoms with Crippen molar-refractivity contribution in [2.75, 3.05) is 0 Å². The maximum atomic E-state index is 5.50. The average Bonchev–Trinajstić information content (AvgIpc) is 2.07. The molecule has 0 saturated carbocycles. The van der Waals surface area contributed by atoms with E-state index < -0.39 is 0 Å². The molecule has 0 atom stereocenters. The molecule has 2 N–H and O–H groups in total. The van der Waals surface area contributed by atoms with Gasteiger partial charge in [-0.05, 0) is 0 Å². The van der Waals surface area contributed by atoms with Crippen LogP contribution in [0.25, 0.3) is 181 Å². The lowest BCUT2D eigenvalue weighted by Gasteiger charge is -2.11. The molecule has 16 heteroatoms. The molecule has 0 aliphatic carbocycles. The van der Waals surface area contributed by atoms with Gasteiger partial charge in [0, 0.05) is 44.5 Å². The number of rotatable bonds is 8. The number of hydrogen-bond acceptors (Lipinski definition) is 14. The second-order valence-electron chi connectivity index (χ2n) is 21.0. The van der Waals surface area contributed by atoms with Crippen molar-refractivity contribution in [1.82, 2.24) is 79.7 Å². The van der Waals surface area contributed by atoms with Gasteiger partial charge in [0.2, 0.25) is 0 Å². The van der Waals surface area contributed by atoms with Gasteiger partial charge in [-0.3, -0.25) is 0 Å². The van der Waals surface area contributed by atoms with Gasteiger partial charge in [-0.15, -0.1) is 0 Å². The van der Waals surface area contributed by atoms with Gasteiger partial charge in [-0.25, -0.2) is 69.8 Å². The zero-order chi connectivity index (χ0) is 58.1. The van der Waals surface area contributed by atoms with Crippen molar-refractivity contribution >= 4 is 44.7 Å². The van der Waals surface area contributed by atoms with Crippen LogP contribution in [0.15, 0.2) is 243 Å². The number of H-pyrrole nitrogens is 2. The molecule has 0 spiro atoms. The molecule has 17 rings (SSSR count). The summed E-state index contributed by atoms with van der Waals surface area (Å²) in [4.78, 5) is 83.4. The van der Waals surface area contributed by atoms with Crippen LogP contribution < -0.4 is 0 Å². The minimum Gasteiger partial charge on any atom is -0.321 e. The van der Waals surface area contributed by atoms with Crippen LogP contribution in [-0.2, 0) is 0 Å². The molecule has 2 aliphatic heterocycles. The zero-order valence-corrected chi connectivity index (χ0v) is 46.4. The SMILES string of the molecule is c1ccc(-c2nc3c(nc2-c2ccccc2)-c2nc-3nc3[nH]c(nc4nc(nc5[nH]c(n2)c2nc(-c6ccccc6)c(-c6ccccc6)nc52)-c2nc(-c5ccccc5)c(-c5ccccc5)nc2-4)c2nc(-c4ccccc4)c(-c4ccccc4)nc32)cc1. The quantitative estimate of drug-likeness (QED) is 0.145. The Bertz CT molecular complexity index is 4740. The number of benzene rings is 8. The van der Waals surface area contributed by atoms with Crippen molar-refractivity contribution in [2.24, 2.45) is 0 Å². The molecule has 7 aromatic heterocycles. The predicted octanol–water partition coefficient (Wildman–Crippen LogP) is 15.4. The summed E-state index contributed by atoms with van der Waals surface area (Å²) in [5.41, 5.74) is 16.2. The third-order valence-corrected chi connectivity index (χ3v) is 15.5. The first-order valence-electron chi connectivity index (χ1n) is 28.5. The third-order valence-electron chi connectivity index (χ3n) is 15.5. The van der Waals surface area contributed by atoms with E-state index in [0.29, 0.717) is 113 Å². The number of nitrogens with one attached hydrogen (secondary N) is 2. The Morgan fingerprint density at radius 3 is 0.477 bits per heavy atom. The van der Waals surface area contributed by atoms with Crippen LogP contribution in [0.3, 0.4) is 0 Å². The Labute approximate surface area is 500 Å². The smallest absolute Gasteiger partial charge is 0.184 e. The number of aromatic amines is 2. The van der Waals surface area contributed by atoms with Gasteiger partial charge in [-0.1, -0.05) is 243 Å². The lowest BCUT2D eigenvalue weighted by atomic mass is 10.0. The van der Waals surface area contributed by atoms with Crippen molar-refractivity contribution in [3.05, 3.63) is 243 Å². The Morgan fingerprint density at radius 1 is 0.148 bits per heavy atom. The Balaban J connectivity index is 1.05.